The molecule has 12 heavy (non-hydrogen) atoms. The maximum absolute atomic E-state index is 5.43. The molecule has 1 fully saturated rings. The average molecular weight is 188 g/mol. The monoisotopic (exact) mass is 187 g/mol. The molecule has 1 nitrogen and oxygen atoms in total. The molecule has 0 aromatic heterocycles. The number of halogens is 1. The molecule has 1 N–H and O–H groups in total. The van der Waals surface area contributed by atoms with E-state index >= 15 is 0 Å². The fourth-order valence-corrected chi connectivity index (χ4v) is 1.85. The van der Waals surface area contributed by atoms with Crippen LogP contribution in [0.15, 0.2) is 11.6 Å². The maximum Gasteiger partial charge on any atom is 0.0149 e. The first-order valence-electron chi connectivity index (χ1n) is 4.92. The highest BCUT2D eigenvalue weighted by Gasteiger charge is 2.09. The quantitative estimate of drug-likeness (QED) is 0.670. The number of nitrogens with one attached hydrogen (secondary N) is 1. The molecule has 0 saturated heterocycles. The molecule has 0 aliphatic heterocycles. The van der Waals surface area contributed by atoms with Crippen LogP contribution in [0.1, 0.15) is 38.5 Å². The summed E-state index contributed by atoms with van der Waals surface area (Å²) in [4.78, 5) is 0. The van der Waals surface area contributed by atoms with Crippen LogP contribution in [0.3, 0.4) is 0 Å². The van der Waals surface area contributed by atoms with Crippen LogP contribution in [-0.4, -0.2) is 12.6 Å². The van der Waals surface area contributed by atoms with Crippen molar-refractivity contribution in [3.8, 4) is 0 Å². The van der Waals surface area contributed by atoms with Gasteiger partial charge in [-0.3, -0.25) is 0 Å². The highest BCUT2D eigenvalue weighted by atomic mass is 35.5. The summed E-state index contributed by atoms with van der Waals surface area (Å²) in [5, 5.41) is 3.49. The van der Waals surface area contributed by atoms with Crippen LogP contribution < -0.4 is 5.32 Å². The predicted molar refractivity (Wildman–Crippen MR) is 54.5 cm³/mol. The Bertz CT molecular complexity index is 126. The van der Waals surface area contributed by atoms with Gasteiger partial charge in [-0.25, -0.2) is 0 Å². The van der Waals surface area contributed by atoms with Crippen molar-refractivity contribution >= 4 is 11.6 Å². The Labute approximate surface area is 80.2 Å². The molecule has 2 heteroatoms. The van der Waals surface area contributed by atoms with Gasteiger partial charge < -0.3 is 5.32 Å². The Hall–Kier alpha value is -0.0100. The lowest BCUT2D eigenvalue weighted by molar-refractivity contribution is 0.482. The molecular formula is C10H18ClN. The molecule has 0 aromatic rings. The van der Waals surface area contributed by atoms with Gasteiger partial charge >= 0.3 is 0 Å². The molecule has 0 aromatic carbocycles. The number of rotatable bonds is 3. The summed E-state index contributed by atoms with van der Waals surface area (Å²) < 4.78 is 0. The summed E-state index contributed by atoms with van der Waals surface area (Å²) in [6, 6.07) is 0.736. The van der Waals surface area contributed by atoms with Crippen LogP contribution in [0, 0.1) is 0 Å². The molecule has 0 amide bonds. The Morgan fingerprint density at radius 3 is 2.42 bits per heavy atom. The average Bonchev–Trinajstić information content (AvgIpc) is 2.33. The van der Waals surface area contributed by atoms with E-state index in [9.17, 15) is 0 Å². The second kappa shape index (κ2) is 6.50. The summed E-state index contributed by atoms with van der Waals surface area (Å²) in [5.74, 6) is 0. The molecule has 0 unspecified atom stereocenters. The van der Waals surface area contributed by atoms with Gasteiger partial charge in [0.15, 0.2) is 0 Å². The molecule has 1 aliphatic rings. The summed E-state index contributed by atoms with van der Waals surface area (Å²) in [6.45, 7) is 0.925. The zero-order valence-electron chi connectivity index (χ0n) is 7.56. The lowest BCUT2D eigenvalue weighted by atomic mass is 10.1. The molecule has 0 spiro atoms. The molecule has 1 rings (SSSR count). The number of hydrogen-bond donors (Lipinski definition) is 1. The van der Waals surface area contributed by atoms with E-state index in [4.69, 9.17) is 11.6 Å². The van der Waals surface area contributed by atoms with Crippen LogP contribution in [0.25, 0.3) is 0 Å². The van der Waals surface area contributed by atoms with E-state index in [0.29, 0.717) is 0 Å². The zero-order valence-corrected chi connectivity index (χ0v) is 8.32. The largest absolute Gasteiger partial charge is 0.310 e. The van der Waals surface area contributed by atoms with E-state index < -0.39 is 0 Å². The third-order valence-corrected chi connectivity index (χ3v) is 2.65. The predicted octanol–water partition coefficient (Wildman–Crippen LogP) is 3.05. The third-order valence-electron chi connectivity index (χ3n) is 2.47. The molecule has 0 heterocycles. The van der Waals surface area contributed by atoms with Crippen LogP contribution >= 0.6 is 11.6 Å². The van der Waals surface area contributed by atoms with Gasteiger partial charge in [-0.15, -0.1) is 0 Å². The summed E-state index contributed by atoms with van der Waals surface area (Å²) >= 11 is 5.43. The first kappa shape index (κ1) is 10.1. The minimum absolute atomic E-state index is 0.736. The van der Waals surface area contributed by atoms with Crippen molar-refractivity contribution in [2.24, 2.45) is 0 Å². The Morgan fingerprint density at radius 2 is 1.83 bits per heavy atom. The van der Waals surface area contributed by atoms with Gasteiger partial charge in [0, 0.05) is 18.1 Å². The minimum Gasteiger partial charge on any atom is -0.310 e. The van der Waals surface area contributed by atoms with Crippen molar-refractivity contribution in [2.75, 3.05) is 6.54 Å². The van der Waals surface area contributed by atoms with Crippen molar-refractivity contribution < 1.29 is 0 Å². The second-order valence-electron chi connectivity index (χ2n) is 3.46. The fourth-order valence-electron chi connectivity index (χ4n) is 1.76. The molecule has 0 radical (unpaired) electrons. The zero-order chi connectivity index (χ0) is 8.65. The molecule has 70 valence electrons. The lowest BCUT2D eigenvalue weighted by Gasteiger charge is -2.14. The fraction of sp³-hybridized carbons (Fsp3) is 0.800. The highest BCUT2D eigenvalue weighted by Crippen LogP contribution is 2.16. The first-order chi connectivity index (χ1) is 5.93. The van der Waals surface area contributed by atoms with Crippen LogP contribution in [0.2, 0.25) is 0 Å². The van der Waals surface area contributed by atoms with Gasteiger partial charge in [0.25, 0.3) is 0 Å². The Kier molecular flexibility index (Phi) is 5.46. The van der Waals surface area contributed by atoms with Crippen molar-refractivity contribution in [3.63, 3.8) is 0 Å². The van der Waals surface area contributed by atoms with Crippen molar-refractivity contribution in [2.45, 2.75) is 44.6 Å². The normalized spacial score (nSPS) is 21.4. The van der Waals surface area contributed by atoms with Gasteiger partial charge in [-0.05, 0) is 12.8 Å². The topological polar surface area (TPSA) is 12.0 Å². The van der Waals surface area contributed by atoms with E-state index in [2.05, 4.69) is 5.32 Å². The van der Waals surface area contributed by atoms with Crippen LogP contribution in [0.4, 0.5) is 0 Å². The van der Waals surface area contributed by atoms with E-state index in [0.717, 1.165) is 12.6 Å². The smallest absolute Gasteiger partial charge is 0.0149 e. The molecule has 0 bridgehead atoms. The van der Waals surface area contributed by atoms with Crippen molar-refractivity contribution in [1.82, 2.24) is 5.32 Å². The maximum atomic E-state index is 5.43. The Morgan fingerprint density at radius 1 is 1.17 bits per heavy atom. The van der Waals surface area contributed by atoms with E-state index in [-0.39, 0.29) is 0 Å². The van der Waals surface area contributed by atoms with Gasteiger partial charge in [0.05, 0.1) is 0 Å². The SMILES string of the molecule is Cl/C=C/CNC1CCCCCC1. The summed E-state index contributed by atoms with van der Waals surface area (Å²) in [6.07, 6.45) is 10.3. The summed E-state index contributed by atoms with van der Waals surface area (Å²) in [7, 11) is 0. The van der Waals surface area contributed by atoms with Crippen molar-refractivity contribution in [1.29, 1.82) is 0 Å². The minimum atomic E-state index is 0.736. The lowest BCUT2D eigenvalue weighted by Crippen LogP contribution is -2.28. The first-order valence-corrected chi connectivity index (χ1v) is 5.35. The second-order valence-corrected chi connectivity index (χ2v) is 3.71. The highest BCUT2D eigenvalue weighted by molar-refractivity contribution is 6.25. The van der Waals surface area contributed by atoms with Crippen LogP contribution in [-0.2, 0) is 0 Å². The van der Waals surface area contributed by atoms with E-state index in [1.165, 1.54) is 38.5 Å². The standard InChI is InChI=1S/C10H18ClN/c11-8-5-9-12-10-6-3-1-2-4-7-10/h5,8,10,12H,1-4,6-7,9H2/b8-5+. The molecule has 1 saturated carbocycles. The van der Waals surface area contributed by atoms with Crippen molar-refractivity contribution in [3.05, 3.63) is 11.6 Å². The van der Waals surface area contributed by atoms with E-state index in [1.807, 2.05) is 6.08 Å². The van der Waals surface area contributed by atoms with Crippen LogP contribution in [0.5, 0.6) is 0 Å². The molecular weight excluding hydrogens is 170 g/mol. The van der Waals surface area contributed by atoms with Gasteiger partial charge in [-0.1, -0.05) is 43.4 Å². The summed E-state index contributed by atoms with van der Waals surface area (Å²) in [5.41, 5.74) is 1.59. The number of hydrogen-bond acceptors (Lipinski definition) is 1. The molecule has 0 atom stereocenters. The van der Waals surface area contributed by atoms with Gasteiger partial charge in [-0.2, -0.15) is 0 Å². The van der Waals surface area contributed by atoms with E-state index in [1.54, 1.807) is 5.54 Å². The van der Waals surface area contributed by atoms with Gasteiger partial charge in [0.1, 0.15) is 0 Å². The van der Waals surface area contributed by atoms with Gasteiger partial charge in [0.2, 0.25) is 0 Å². The third kappa shape index (κ3) is 4.13. The Balaban J connectivity index is 2.11. The molecule has 1 aliphatic carbocycles.